The van der Waals surface area contributed by atoms with Gasteiger partial charge in [0.1, 0.15) is 16.7 Å². The molecule has 0 aliphatic rings. The SMILES string of the molecule is NC(=O)c1cccc(-c2c(-c3ccccc3)oc(=O)c3c2nn2c(-c4ccccc4)ccnc32)c1. The van der Waals surface area contributed by atoms with Crippen LogP contribution in [0.5, 0.6) is 0 Å². The third-order valence-corrected chi connectivity index (χ3v) is 5.92. The first kappa shape index (κ1) is 20.6. The minimum Gasteiger partial charge on any atom is -0.421 e. The van der Waals surface area contributed by atoms with Gasteiger partial charge in [0.05, 0.1) is 11.3 Å². The first-order valence-electron chi connectivity index (χ1n) is 11.0. The van der Waals surface area contributed by atoms with Gasteiger partial charge in [0, 0.05) is 22.9 Å². The Labute approximate surface area is 199 Å². The van der Waals surface area contributed by atoms with Crippen LogP contribution in [0.1, 0.15) is 10.4 Å². The third kappa shape index (κ3) is 3.38. The molecule has 2 N–H and O–H groups in total. The maximum absolute atomic E-state index is 13.3. The van der Waals surface area contributed by atoms with Crippen LogP contribution in [0.25, 0.3) is 50.3 Å². The Hall–Kier alpha value is -5.04. The van der Waals surface area contributed by atoms with E-state index in [0.29, 0.717) is 39.2 Å². The van der Waals surface area contributed by atoms with Gasteiger partial charge in [-0.2, -0.15) is 5.10 Å². The molecule has 168 valence electrons. The van der Waals surface area contributed by atoms with Crippen molar-refractivity contribution in [2.45, 2.75) is 0 Å². The number of hydrogen-bond donors (Lipinski definition) is 1. The highest BCUT2D eigenvalue weighted by Gasteiger charge is 2.24. The second-order valence-corrected chi connectivity index (χ2v) is 8.06. The van der Waals surface area contributed by atoms with Crippen LogP contribution in [0.3, 0.4) is 0 Å². The molecule has 1 amide bonds. The molecule has 0 unspecified atom stereocenters. The molecular weight excluding hydrogens is 440 g/mol. The van der Waals surface area contributed by atoms with E-state index < -0.39 is 11.5 Å². The molecule has 0 aliphatic heterocycles. The monoisotopic (exact) mass is 458 g/mol. The van der Waals surface area contributed by atoms with E-state index in [1.54, 1.807) is 28.9 Å². The van der Waals surface area contributed by atoms with Crippen LogP contribution < -0.4 is 11.4 Å². The van der Waals surface area contributed by atoms with Gasteiger partial charge in [0.25, 0.3) is 0 Å². The highest BCUT2D eigenvalue weighted by molar-refractivity contribution is 6.05. The molecule has 0 aliphatic carbocycles. The van der Waals surface area contributed by atoms with Gasteiger partial charge < -0.3 is 10.2 Å². The zero-order chi connectivity index (χ0) is 23.9. The highest BCUT2D eigenvalue weighted by atomic mass is 16.4. The Bertz CT molecular complexity index is 1790. The summed E-state index contributed by atoms with van der Waals surface area (Å²) in [4.78, 5) is 29.7. The van der Waals surface area contributed by atoms with Crippen molar-refractivity contribution in [1.29, 1.82) is 0 Å². The van der Waals surface area contributed by atoms with Gasteiger partial charge in [-0.25, -0.2) is 14.3 Å². The standard InChI is InChI=1S/C28H18N4O3/c29-26(33)20-13-7-12-19(16-20)22-24-23(28(34)35-25(22)18-10-5-2-6-11-18)27-30-15-14-21(32(27)31-24)17-8-3-1-4-9-17/h1-16H,(H2,29,33). The normalized spacial score (nSPS) is 11.2. The van der Waals surface area contributed by atoms with Crippen molar-refractivity contribution in [3.8, 4) is 33.7 Å². The molecule has 6 rings (SSSR count). The lowest BCUT2D eigenvalue weighted by Gasteiger charge is -2.10. The van der Waals surface area contributed by atoms with Gasteiger partial charge in [-0.05, 0) is 23.8 Å². The molecule has 0 radical (unpaired) electrons. The van der Waals surface area contributed by atoms with Crippen molar-refractivity contribution >= 4 is 22.5 Å². The molecule has 0 fully saturated rings. The van der Waals surface area contributed by atoms with E-state index in [1.807, 2.05) is 72.8 Å². The molecular formula is C28H18N4O3. The maximum Gasteiger partial charge on any atom is 0.349 e. The summed E-state index contributed by atoms with van der Waals surface area (Å²) in [5.74, 6) is -0.195. The summed E-state index contributed by atoms with van der Waals surface area (Å²) in [6, 6.07) is 27.8. The minimum atomic E-state index is -0.551. The predicted octanol–water partition coefficient (Wildman–Crippen LogP) is 4.94. The topological polar surface area (TPSA) is 103 Å². The number of rotatable bonds is 4. The fourth-order valence-electron chi connectivity index (χ4n) is 4.33. The molecule has 0 atom stereocenters. The molecule has 0 saturated heterocycles. The molecule has 0 saturated carbocycles. The molecule has 6 aromatic rings. The molecule has 3 heterocycles. The summed E-state index contributed by atoms with van der Waals surface area (Å²) < 4.78 is 7.57. The molecule has 3 aromatic heterocycles. The molecule has 7 nitrogen and oxygen atoms in total. The maximum atomic E-state index is 13.3. The Balaban J connectivity index is 1.77. The number of primary amides is 1. The third-order valence-electron chi connectivity index (χ3n) is 5.92. The number of benzene rings is 3. The number of carbonyl (C=O) groups excluding carboxylic acids is 1. The van der Waals surface area contributed by atoms with Crippen LogP contribution in [-0.2, 0) is 0 Å². The van der Waals surface area contributed by atoms with Gasteiger partial charge in [0.15, 0.2) is 5.65 Å². The lowest BCUT2D eigenvalue weighted by atomic mass is 9.97. The number of nitrogens with zero attached hydrogens (tertiary/aromatic N) is 3. The van der Waals surface area contributed by atoms with Gasteiger partial charge in [-0.1, -0.05) is 72.8 Å². The molecule has 0 bridgehead atoms. The zero-order valence-electron chi connectivity index (χ0n) is 18.4. The summed E-state index contributed by atoms with van der Waals surface area (Å²) in [5.41, 5.74) is 9.82. The summed E-state index contributed by atoms with van der Waals surface area (Å²) in [6.07, 6.45) is 1.65. The highest BCUT2D eigenvalue weighted by Crippen LogP contribution is 2.37. The van der Waals surface area contributed by atoms with E-state index >= 15 is 0 Å². The molecule has 7 heteroatoms. The fraction of sp³-hybridized carbons (Fsp3) is 0. The average molecular weight is 458 g/mol. The summed E-state index contributed by atoms with van der Waals surface area (Å²) in [6.45, 7) is 0. The van der Waals surface area contributed by atoms with Crippen molar-refractivity contribution in [3.05, 3.63) is 113 Å². The fourth-order valence-corrected chi connectivity index (χ4v) is 4.33. The predicted molar refractivity (Wildman–Crippen MR) is 134 cm³/mol. The average Bonchev–Trinajstić information content (AvgIpc) is 3.30. The van der Waals surface area contributed by atoms with Crippen LogP contribution in [0, 0.1) is 0 Å². The van der Waals surface area contributed by atoms with Gasteiger partial charge >= 0.3 is 5.63 Å². The van der Waals surface area contributed by atoms with Crippen molar-refractivity contribution < 1.29 is 9.21 Å². The van der Waals surface area contributed by atoms with Crippen LogP contribution in [0.2, 0.25) is 0 Å². The Morgan fingerprint density at radius 3 is 2.23 bits per heavy atom. The van der Waals surface area contributed by atoms with E-state index in [4.69, 9.17) is 15.2 Å². The van der Waals surface area contributed by atoms with Crippen molar-refractivity contribution in [1.82, 2.24) is 14.6 Å². The second-order valence-electron chi connectivity index (χ2n) is 8.06. The van der Waals surface area contributed by atoms with Crippen LogP contribution in [0.15, 0.2) is 106 Å². The Kier molecular flexibility index (Phi) is 4.74. The van der Waals surface area contributed by atoms with Gasteiger partial charge in [0.2, 0.25) is 5.91 Å². The quantitative estimate of drug-likeness (QED) is 0.403. The van der Waals surface area contributed by atoms with Crippen LogP contribution in [-0.4, -0.2) is 20.5 Å². The zero-order valence-corrected chi connectivity index (χ0v) is 18.4. The largest absolute Gasteiger partial charge is 0.421 e. The smallest absolute Gasteiger partial charge is 0.349 e. The van der Waals surface area contributed by atoms with E-state index in [2.05, 4.69) is 4.98 Å². The number of hydrogen-bond acceptors (Lipinski definition) is 5. The summed E-state index contributed by atoms with van der Waals surface area (Å²) in [5, 5.41) is 5.13. The second kappa shape index (κ2) is 8.07. The number of nitrogens with two attached hydrogens (primary N) is 1. The summed E-state index contributed by atoms with van der Waals surface area (Å²) in [7, 11) is 0. The number of carbonyl (C=O) groups is 1. The number of fused-ring (bicyclic) bond motifs is 3. The van der Waals surface area contributed by atoms with Gasteiger partial charge in [-0.15, -0.1) is 0 Å². The Morgan fingerprint density at radius 1 is 0.829 bits per heavy atom. The number of amides is 1. The lowest BCUT2D eigenvalue weighted by molar-refractivity contribution is 0.100. The minimum absolute atomic E-state index is 0.266. The lowest BCUT2D eigenvalue weighted by Crippen LogP contribution is -2.10. The van der Waals surface area contributed by atoms with E-state index in [0.717, 1.165) is 11.3 Å². The van der Waals surface area contributed by atoms with E-state index in [9.17, 15) is 9.59 Å². The molecule has 3 aromatic carbocycles. The first-order valence-corrected chi connectivity index (χ1v) is 11.0. The van der Waals surface area contributed by atoms with Crippen molar-refractivity contribution in [3.63, 3.8) is 0 Å². The first-order chi connectivity index (χ1) is 17.1. The molecule has 0 spiro atoms. The van der Waals surface area contributed by atoms with Crippen molar-refractivity contribution in [2.75, 3.05) is 0 Å². The number of aromatic nitrogens is 3. The Morgan fingerprint density at radius 2 is 1.51 bits per heavy atom. The van der Waals surface area contributed by atoms with Gasteiger partial charge in [-0.3, -0.25) is 4.79 Å². The molecule has 35 heavy (non-hydrogen) atoms. The van der Waals surface area contributed by atoms with E-state index in [1.165, 1.54) is 0 Å². The summed E-state index contributed by atoms with van der Waals surface area (Å²) >= 11 is 0. The van der Waals surface area contributed by atoms with Crippen LogP contribution >= 0.6 is 0 Å². The van der Waals surface area contributed by atoms with Crippen LogP contribution in [0.4, 0.5) is 0 Å². The van der Waals surface area contributed by atoms with Crippen molar-refractivity contribution in [2.24, 2.45) is 5.73 Å². The van der Waals surface area contributed by atoms with E-state index in [-0.39, 0.29) is 5.39 Å².